The maximum Gasteiger partial charge on any atom is 0.163 e. The minimum atomic E-state index is 0.00338. The second-order valence-electron chi connectivity index (χ2n) is 6.77. The molecular formula is C14H26O2. The Morgan fingerprint density at radius 1 is 1.31 bits per heavy atom. The van der Waals surface area contributed by atoms with Crippen LogP contribution in [0.25, 0.3) is 0 Å². The molecule has 1 aliphatic carbocycles. The van der Waals surface area contributed by atoms with Crippen molar-refractivity contribution in [3.8, 4) is 0 Å². The number of hydrogen-bond donors (Lipinski definition) is 0. The molecule has 2 rings (SSSR count). The first-order chi connectivity index (χ1) is 7.38. The summed E-state index contributed by atoms with van der Waals surface area (Å²) in [5, 5.41) is 0. The van der Waals surface area contributed by atoms with Gasteiger partial charge in [0.1, 0.15) is 0 Å². The van der Waals surface area contributed by atoms with Crippen molar-refractivity contribution in [3.63, 3.8) is 0 Å². The van der Waals surface area contributed by atoms with Gasteiger partial charge in [0.15, 0.2) is 6.29 Å². The molecular weight excluding hydrogens is 200 g/mol. The molecule has 0 aromatic heterocycles. The van der Waals surface area contributed by atoms with E-state index in [0.717, 1.165) is 19.1 Å². The third-order valence-electron chi connectivity index (χ3n) is 5.05. The van der Waals surface area contributed by atoms with Gasteiger partial charge in [-0.3, -0.25) is 0 Å². The van der Waals surface area contributed by atoms with Crippen LogP contribution in [-0.4, -0.2) is 19.5 Å². The van der Waals surface area contributed by atoms with E-state index >= 15 is 0 Å². The van der Waals surface area contributed by atoms with Crippen LogP contribution in [0.3, 0.4) is 0 Å². The maximum atomic E-state index is 5.99. The molecule has 16 heavy (non-hydrogen) atoms. The molecule has 0 N–H and O–H groups in total. The first-order valence-electron chi connectivity index (χ1n) is 6.61. The molecule has 0 aromatic carbocycles. The predicted molar refractivity (Wildman–Crippen MR) is 65.1 cm³/mol. The molecule has 2 fully saturated rings. The number of rotatable bonds is 3. The molecule has 2 aliphatic rings. The molecule has 94 valence electrons. The molecule has 2 unspecified atom stereocenters. The fourth-order valence-electron chi connectivity index (χ4n) is 3.24. The minimum Gasteiger partial charge on any atom is -0.352 e. The summed E-state index contributed by atoms with van der Waals surface area (Å²) in [5.41, 5.74) is 0.553. The fourth-order valence-corrected chi connectivity index (χ4v) is 3.24. The van der Waals surface area contributed by atoms with Gasteiger partial charge in [-0.05, 0) is 30.1 Å². The molecule has 2 heteroatoms. The molecule has 1 heterocycles. The Morgan fingerprint density at radius 3 is 2.62 bits per heavy atom. The second-order valence-corrected chi connectivity index (χ2v) is 6.77. The van der Waals surface area contributed by atoms with Crippen molar-refractivity contribution in [2.45, 2.75) is 53.8 Å². The van der Waals surface area contributed by atoms with Crippen LogP contribution in [0.15, 0.2) is 0 Å². The summed E-state index contributed by atoms with van der Waals surface area (Å²) < 4.78 is 11.9. The smallest absolute Gasteiger partial charge is 0.163 e. The summed E-state index contributed by atoms with van der Waals surface area (Å²) in [4.78, 5) is 0. The van der Waals surface area contributed by atoms with Gasteiger partial charge in [0.05, 0.1) is 13.2 Å². The van der Waals surface area contributed by atoms with Gasteiger partial charge in [-0.25, -0.2) is 0 Å². The molecule has 2 nitrogen and oxygen atoms in total. The molecule has 0 aromatic rings. The Bertz CT molecular complexity index is 259. The lowest BCUT2D eigenvalue weighted by Crippen LogP contribution is -2.51. The van der Waals surface area contributed by atoms with Crippen LogP contribution < -0.4 is 0 Å². The third kappa shape index (κ3) is 1.70. The summed E-state index contributed by atoms with van der Waals surface area (Å²) in [7, 11) is 0. The summed E-state index contributed by atoms with van der Waals surface area (Å²) >= 11 is 0. The number of hydrogen-bond acceptors (Lipinski definition) is 2. The first-order valence-corrected chi connectivity index (χ1v) is 6.61. The van der Waals surface area contributed by atoms with E-state index in [2.05, 4.69) is 34.6 Å². The van der Waals surface area contributed by atoms with Gasteiger partial charge in [0.25, 0.3) is 0 Å². The van der Waals surface area contributed by atoms with Crippen molar-refractivity contribution < 1.29 is 9.47 Å². The normalized spacial score (nSPS) is 41.6. The third-order valence-corrected chi connectivity index (χ3v) is 5.05. The highest BCUT2D eigenvalue weighted by Crippen LogP contribution is 2.61. The van der Waals surface area contributed by atoms with Gasteiger partial charge >= 0.3 is 0 Å². The van der Waals surface area contributed by atoms with Gasteiger partial charge in [0, 0.05) is 5.41 Å². The van der Waals surface area contributed by atoms with Crippen molar-refractivity contribution in [1.29, 1.82) is 0 Å². The summed E-state index contributed by atoms with van der Waals surface area (Å²) in [5.74, 6) is 1.30. The van der Waals surface area contributed by atoms with E-state index in [9.17, 15) is 0 Å². The van der Waals surface area contributed by atoms with E-state index in [0.29, 0.717) is 11.3 Å². The van der Waals surface area contributed by atoms with Gasteiger partial charge in [-0.15, -0.1) is 0 Å². The van der Waals surface area contributed by atoms with Crippen molar-refractivity contribution >= 4 is 0 Å². The van der Waals surface area contributed by atoms with E-state index in [4.69, 9.17) is 9.47 Å². The van der Waals surface area contributed by atoms with Crippen LogP contribution in [0.4, 0.5) is 0 Å². The summed E-state index contributed by atoms with van der Waals surface area (Å²) in [6, 6.07) is 0. The van der Waals surface area contributed by atoms with Crippen molar-refractivity contribution in [2.24, 2.45) is 22.7 Å². The van der Waals surface area contributed by atoms with Crippen LogP contribution in [0.2, 0.25) is 0 Å². The molecule has 0 radical (unpaired) electrons. The molecule has 1 saturated heterocycles. The van der Waals surface area contributed by atoms with Crippen LogP contribution in [-0.2, 0) is 9.47 Å². The molecule has 0 spiro atoms. The quantitative estimate of drug-likeness (QED) is 0.733. The van der Waals surface area contributed by atoms with E-state index in [-0.39, 0.29) is 11.7 Å². The minimum absolute atomic E-state index is 0.00338. The first kappa shape index (κ1) is 12.4. The molecule has 1 saturated carbocycles. The largest absolute Gasteiger partial charge is 0.352 e. The highest BCUT2D eigenvalue weighted by atomic mass is 16.7. The summed E-state index contributed by atoms with van der Waals surface area (Å²) in [6.45, 7) is 13.2. The van der Waals surface area contributed by atoms with E-state index in [1.165, 1.54) is 12.8 Å². The molecule has 1 aliphatic heterocycles. The predicted octanol–water partition coefficient (Wildman–Crippen LogP) is 3.46. The van der Waals surface area contributed by atoms with Crippen molar-refractivity contribution in [3.05, 3.63) is 0 Å². The zero-order valence-electron chi connectivity index (χ0n) is 11.4. The SMILES string of the molecule is CC(C)COC1OCC2CC[C@]1(C)C2(C)C. The Labute approximate surface area is 99.7 Å². The fraction of sp³-hybridized carbons (Fsp3) is 1.00. The highest BCUT2D eigenvalue weighted by Gasteiger charge is 2.59. The summed E-state index contributed by atoms with van der Waals surface area (Å²) in [6.07, 6.45) is 2.54. The number of fused-ring (bicyclic) bond motifs is 2. The van der Waals surface area contributed by atoms with Gasteiger partial charge in [-0.1, -0.05) is 34.6 Å². The maximum absolute atomic E-state index is 5.99. The molecule has 0 amide bonds. The second kappa shape index (κ2) is 3.99. The van der Waals surface area contributed by atoms with Gasteiger partial charge in [-0.2, -0.15) is 0 Å². The van der Waals surface area contributed by atoms with E-state index < -0.39 is 0 Å². The van der Waals surface area contributed by atoms with Crippen molar-refractivity contribution in [1.82, 2.24) is 0 Å². The lowest BCUT2D eigenvalue weighted by atomic mass is 9.64. The van der Waals surface area contributed by atoms with Crippen LogP contribution in [0.1, 0.15) is 47.5 Å². The standard InChI is InChI=1S/C14H26O2/c1-10(2)8-15-12-14(5)7-6-11(9-16-12)13(14,3)4/h10-12H,6-9H2,1-5H3/t11?,12?,14-/m0/s1. The van der Waals surface area contributed by atoms with Crippen LogP contribution >= 0.6 is 0 Å². The average molecular weight is 226 g/mol. The lowest BCUT2D eigenvalue weighted by molar-refractivity contribution is -0.265. The van der Waals surface area contributed by atoms with Crippen LogP contribution in [0, 0.1) is 22.7 Å². The highest BCUT2D eigenvalue weighted by molar-refractivity contribution is 5.04. The Kier molecular flexibility index (Phi) is 3.09. The Balaban J connectivity index is 2.10. The number of ether oxygens (including phenoxy) is 2. The van der Waals surface area contributed by atoms with E-state index in [1.807, 2.05) is 0 Å². The monoisotopic (exact) mass is 226 g/mol. The average Bonchev–Trinajstić information content (AvgIpc) is 2.36. The zero-order chi connectivity index (χ0) is 12.0. The molecule has 3 atom stereocenters. The molecule has 2 bridgehead atoms. The van der Waals surface area contributed by atoms with Crippen LogP contribution in [0.5, 0.6) is 0 Å². The van der Waals surface area contributed by atoms with Gasteiger partial charge in [0.2, 0.25) is 0 Å². The Morgan fingerprint density at radius 2 is 2.00 bits per heavy atom. The Hall–Kier alpha value is -0.0800. The zero-order valence-corrected chi connectivity index (χ0v) is 11.4. The van der Waals surface area contributed by atoms with Gasteiger partial charge < -0.3 is 9.47 Å². The topological polar surface area (TPSA) is 18.5 Å². The van der Waals surface area contributed by atoms with E-state index in [1.54, 1.807) is 0 Å². The van der Waals surface area contributed by atoms with Crippen molar-refractivity contribution in [2.75, 3.05) is 13.2 Å². The lowest BCUT2D eigenvalue weighted by Gasteiger charge is -2.50.